The SMILES string of the molecule is N#CCCN(C(=O)COC(=O)c1ccccc1I)c1ccccc1. The molecule has 2 aromatic rings. The maximum atomic E-state index is 12.4. The van der Waals surface area contributed by atoms with Gasteiger partial charge in [0, 0.05) is 15.8 Å². The monoisotopic (exact) mass is 434 g/mol. The van der Waals surface area contributed by atoms with Crippen molar-refractivity contribution in [1.82, 2.24) is 0 Å². The van der Waals surface area contributed by atoms with Crippen LogP contribution in [0.1, 0.15) is 16.8 Å². The summed E-state index contributed by atoms with van der Waals surface area (Å²) in [5.74, 6) is -0.905. The summed E-state index contributed by atoms with van der Waals surface area (Å²) in [6.07, 6.45) is 0.200. The van der Waals surface area contributed by atoms with Crippen LogP contribution in [0.4, 0.5) is 5.69 Å². The first-order valence-corrected chi connectivity index (χ1v) is 8.35. The summed E-state index contributed by atoms with van der Waals surface area (Å²) in [4.78, 5) is 26.0. The summed E-state index contributed by atoms with van der Waals surface area (Å²) in [6, 6.07) is 18.0. The molecule has 24 heavy (non-hydrogen) atoms. The van der Waals surface area contributed by atoms with Crippen LogP contribution in [-0.4, -0.2) is 25.0 Å². The normalized spacial score (nSPS) is 9.83. The first-order valence-electron chi connectivity index (χ1n) is 7.27. The minimum absolute atomic E-state index is 0.200. The van der Waals surface area contributed by atoms with Gasteiger partial charge in [0.2, 0.25) is 0 Å². The number of anilines is 1. The molecular formula is C18H15IN2O3. The fraction of sp³-hybridized carbons (Fsp3) is 0.167. The van der Waals surface area contributed by atoms with Crippen LogP contribution in [-0.2, 0) is 9.53 Å². The Morgan fingerprint density at radius 1 is 1.08 bits per heavy atom. The minimum atomic E-state index is -0.540. The van der Waals surface area contributed by atoms with E-state index in [1.807, 2.05) is 40.8 Å². The first-order chi connectivity index (χ1) is 11.6. The van der Waals surface area contributed by atoms with Gasteiger partial charge in [-0.3, -0.25) is 4.79 Å². The molecule has 5 nitrogen and oxygen atoms in total. The average Bonchev–Trinajstić information content (AvgIpc) is 2.61. The lowest BCUT2D eigenvalue weighted by Crippen LogP contribution is -2.35. The number of hydrogen-bond acceptors (Lipinski definition) is 4. The second-order valence-corrected chi connectivity index (χ2v) is 6.01. The highest BCUT2D eigenvalue weighted by Crippen LogP contribution is 2.15. The third kappa shape index (κ3) is 4.80. The van der Waals surface area contributed by atoms with E-state index >= 15 is 0 Å². The molecule has 0 aliphatic rings. The van der Waals surface area contributed by atoms with Crippen molar-refractivity contribution in [3.05, 3.63) is 63.7 Å². The van der Waals surface area contributed by atoms with Crippen molar-refractivity contribution in [2.45, 2.75) is 6.42 Å². The Labute approximate surface area is 154 Å². The van der Waals surface area contributed by atoms with Gasteiger partial charge in [0.1, 0.15) is 0 Å². The van der Waals surface area contributed by atoms with Crippen LogP contribution >= 0.6 is 22.6 Å². The number of ether oxygens (including phenoxy) is 1. The van der Waals surface area contributed by atoms with E-state index < -0.39 is 5.97 Å². The van der Waals surface area contributed by atoms with E-state index in [1.165, 1.54) is 4.90 Å². The summed E-state index contributed by atoms with van der Waals surface area (Å²) in [5.41, 5.74) is 1.09. The summed E-state index contributed by atoms with van der Waals surface area (Å²) >= 11 is 2.04. The molecule has 1 amide bonds. The van der Waals surface area contributed by atoms with Gasteiger partial charge in [0.25, 0.3) is 5.91 Å². The second-order valence-electron chi connectivity index (χ2n) is 4.85. The number of carbonyl (C=O) groups is 2. The van der Waals surface area contributed by atoms with Gasteiger partial charge in [-0.15, -0.1) is 0 Å². The van der Waals surface area contributed by atoms with Crippen LogP contribution in [0, 0.1) is 14.9 Å². The molecule has 0 saturated heterocycles. The minimum Gasteiger partial charge on any atom is -0.452 e. The number of carbonyl (C=O) groups excluding carboxylic acids is 2. The number of amides is 1. The van der Waals surface area contributed by atoms with Gasteiger partial charge in [-0.1, -0.05) is 30.3 Å². The topological polar surface area (TPSA) is 70.4 Å². The molecule has 0 radical (unpaired) electrons. The lowest BCUT2D eigenvalue weighted by atomic mass is 10.2. The predicted molar refractivity (Wildman–Crippen MR) is 98.5 cm³/mol. The molecule has 0 saturated carbocycles. The van der Waals surface area contributed by atoms with E-state index in [0.29, 0.717) is 11.3 Å². The molecule has 0 unspecified atom stereocenters. The Morgan fingerprint density at radius 2 is 1.75 bits per heavy atom. The molecular weight excluding hydrogens is 419 g/mol. The number of rotatable bonds is 6. The number of benzene rings is 2. The van der Waals surface area contributed by atoms with Crippen LogP contribution in [0.25, 0.3) is 0 Å². The lowest BCUT2D eigenvalue weighted by Gasteiger charge is -2.21. The maximum absolute atomic E-state index is 12.4. The van der Waals surface area contributed by atoms with Crippen LogP contribution < -0.4 is 4.90 Å². The maximum Gasteiger partial charge on any atom is 0.339 e. The Kier molecular flexibility index (Phi) is 6.75. The Balaban J connectivity index is 2.04. The van der Waals surface area contributed by atoms with E-state index in [9.17, 15) is 9.59 Å². The van der Waals surface area contributed by atoms with Crippen molar-refractivity contribution in [2.24, 2.45) is 0 Å². The standard InChI is InChI=1S/C18H15IN2O3/c19-16-10-5-4-9-15(16)18(23)24-13-17(22)21(12-6-11-20)14-7-2-1-3-8-14/h1-5,7-10H,6,12-13H2. The average molecular weight is 434 g/mol. The molecule has 0 atom stereocenters. The second kappa shape index (κ2) is 9.03. The smallest absolute Gasteiger partial charge is 0.339 e. The van der Waals surface area contributed by atoms with Gasteiger partial charge in [0.05, 0.1) is 18.1 Å². The molecule has 0 aromatic heterocycles. The Bertz CT molecular complexity index is 756. The Morgan fingerprint density at radius 3 is 2.42 bits per heavy atom. The van der Waals surface area contributed by atoms with Crippen molar-refractivity contribution in [3.63, 3.8) is 0 Å². The van der Waals surface area contributed by atoms with Crippen LogP contribution in [0.3, 0.4) is 0 Å². The zero-order chi connectivity index (χ0) is 17.4. The highest BCUT2D eigenvalue weighted by Gasteiger charge is 2.18. The fourth-order valence-corrected chi connectivity index (χ4v) is 2.68. The van der Waals surface area contributed by atoms with Crippen molar-refractivity contribution >= 4 is 40.2 Å². The van der Waals surface area contributed by atoms with Crippen molar-refractivity contribution in [1.29, 1.82) is 5.26 Å². The summed E-state index contributed by atoms with van der Waals surface area (Å²) in [5, 5.41) is 8.77. The predicted octanol–water partition coefficient (Wildman–Crippen LogP) is 3.39. The Hall–Kier alpha value is -2.40. The molecule has 0 aliphatic carbocycles. The number of hydrogen-bond donors (Lipinski definition) is 0. The lowest BCUT2D eigenvalue weighted by molar-refractivity contribution is -0.121. The van der Waals surface area contributed by atoms with Gasteiger partial charge in [0.15, 0.2) is 6.61 Å². The molecule has 2 rings (SSSR count). The molecule has 122 valence electrons. The van der Waals surface area contributed by atoms with Gasteiger partial charge in [-0.25, -0.2) is 4.79 Å². The quantitative estimate of drug-likeness (QED) is 0.517. The van der Waals surface area contributed by atoms with E-state index in [2.05, 4.69) is 0 Å². The zero-order valence-corrected chi connectivity index (χ0v) is 15.0. The van der Waals surface area contributed by atoms with Gasteiger partial charge in [-0.2, -0.15) is 5.26 Å². The van der Waals surface area contributed by atoms with Gasteiger partial charge in [-0.05, 0) is 46.9 Å². The van der Waals surface area contributed by atoms with Crippen molar-refractivity contribution in [3.8, 4) is 6.07 Å². The van der Waals surface area contributed by atoms with Gasteiger partial charge >= 0.3 is 5.97 Å². The zero-order valence-electron chi connectivity index (χ0n) is 12.8. The summed E-state index contributed by atoms with van der Waals surface area (Å²) in [7, 11) is 0. The molecule has 0 aliphatic heterocycles. The molecule has 2 aromatic carbocycles. The number of halogens is 1. The molecule has 0 bridgehead atoms. The highest BCUT2D eigenvalue weighted by molar-refractivity contribution is 14.1. The fourth-order valence-electron chi connectivity index (χ4n) is 2.08. The highest BCUT2D eigenvalue weighted by atomic mass is 127. The van der Waals surface area contributed by atoms with Crippen LogP contribution in [0.15, 0.2) is 54.6 Å². The van der Waals surface area contributed by atoms with Crippen LogP contribution in [0.2, 0.25) is 0 Å². The first kappa shape index (κ1) is 17.9. The number of nitrogens with zero attached hydrogens (tertiary/aromatic N) is 2. The third-order valence-electron chi connectivity index (χ3n) is 3.24. The van der Waals surface area contributed by atoms with Crippen molar-refractivity contribution < 1.29 is 14.3 Å². The van der Waals surface area contributed by atoms with E-state index in [4.69, 9.17) is 10.00 Å². The number of para-hydroxylation sites is 1. The molecule has 0 fully saturated rings. The number of esters is 1. The van der Waals surface area contributed by atoms with E-state index in [1.54, 1.807) is 42.5 Å². The van der Waals surface area contributed by atoms with E-state index in [-0.39, 0.29) is 25.5 Å². The summed E-state index contributed by atoms with van der Waals surface area (Å²) in [6.45, 7) is -0.121. The molecule has 0 spiro atoms. The number of nitriles is 1. The summed E-state index contributed by atoms with van der Waals surface area (Å²) < 4.78 is 5.90. The third-order valence-corrected chi connectivity index (χ3v) is 4.18. The largest absolute Gasteiger partial charge is 0.452 e. The van der Waals surface area contributed by atoms with Gasteiger partial charge < -0.3 is 9.64 Å². The van der Waals surface area contributed by atoms with Crippen LogP contribution in [0.5, 0.6) is 0 Å². The molecule has 0 heterocycles. The molecule has 0 N–H and O–H groups in total. The van der Waals surface area contributed by atoms with Crippen molar-refractivity contribution in [2.75, 3.05) is 18.1 Å². The molecule has 6 heteroatoms. The van der Waals surface area contributed by atoms with E-state index in [0.717, 1.165) is 3.57 Å².